The number of rotatable bonds is 4. The summed E-state index contributed by atoms with van der Waals surface area (Å²) in [5.41, 5.74) is 2.66. The van der Waals surface area contributed by atoms with Crippen molar-refractivity contribution in [1.29, 1.82) is 0 Å². The lowest BCUT2D eigenvalue weighted by Gasteiger charge is -2.13. The van der Waals surface area contributed by atoms with Crippen molar-refractivity contribution in [2.45, 2.75) is 19.9 Å². The lowest BCUT2D eigenvalue weighted by Crippen LogP contribution is -2.09. The van der Waals surface area contributed by atoms with Gasteiger partial charge in [0.2, 0.25) is 0 Å². The second kappa shape index (κ2) is 6.72. The molecule has 0 radical (unpaired) electrons. The number of aromatic nitrogens is 4. The molecule has 2 heterocycles. The number of aryl methyl sites for hydroxylation is 1. The first-order chi connectivity index (χ1) is 12.0. The second-order valence-electron chi connectivity index (χ2n) is 5.71. The summed E-state index contributed by atoms with van der Waals surface area (Å²) in [6, 6.07) is 8.60. The Morgan fingerprint density at radius 1 is 1.28 bits per heavy atom. The van der Waals surface area contributed by atoms with Crippen LogP contribution >= 0.6 is 0 Å². The fourth-order valence-corrected chi connectivity index (χ4v) is 2.58. The molecular formula is C18H18N4O3. The third-order valence-corrected chi connectivity index (χ3v) is 3.97. The molecule has 128 valence electrons. The summed E-state index contributed by atoms with van der Waals surface area (Å²) >= 11 is 0. The van der Waals surface area contributed by atoms with Crippen LogP contribution < -0.4 is 5.56 Å². The zero-order valence-electron chi connectivity index (χ0n) is 14.2. The van der Waals surface area contributed by atoms with Crippen molar-refractivity contribution >= 4 is 5.97 Å². The Bertz CT molecular complexity index is 957. The molecule has 3 aromatic rings. The third-order valence-electron chi connectivity index (χ3n) is 3.97. The minimum atomic E-state index is -0.365. The number of aromatic amines is 1. The number of benzene rings is 1. The van der Waals surface area contributed by atoms with E-state index in [1.165, 1.54) is 13.2 Å². The van der Waals surface area contributed by atoms with Gasteiger partial charge in [0.1, 0.15) is 5.82 Å². The fourth-order valence-electron chi connectivity index (χ4n) is 2.58. The summed E-state index contributed by atoms with van der Waals surface area (Å²) < 4.78 is 6.49. The van der Waals surface area contributed by atoms with Crippen molar-refractivity contribution in [2.75, 3.05) is 7.11 Å². The molecule has 1 unspecified atom stereocenters. The molecule has 0 saturated heterocycles. The Labute approximate surface area is 144 Å². The van der Waals surface area contributed by atoms with E-state index >= 15 is 0 Å². The number of carbonyl (C=O) groups excluding carboxylic acids is 1. The van der Waals surface area contributed by atoms with Crippen LogP contribution in [0.5, 0.6) is 0 Å². The predicted octanol–water partition coefficient (Wildman–Crippen LogP) is 2.34. The van der Waals surface area contributed by atoms with Crippen LogP contribution in [0.1, 0.15) is 34.7 Å². The molecule has 7 nitrogen and oxygen atoms in total. The zero-order chi connectivity index (χ0) is 18.0. The molecule has 0 aliphatic heterocycles. The molecule has 25 heavy (non-hydrogen) atoms. The zero-order valence-corrected chi connectivity index (χ0v) is 14.2. The molecule has 0 aliphatic carbocycles. The van der Waals surface area contributed by atoms with Gasteiger partial charge in [0.15, 0.2) is 0 Å². The topological polar surface area (TPSA) is 89.9 Å². The molecule has 0 bridgehead atoms. The average Bonchev–Trinajstić information content (AvgIpc) is 3.10. The Kier molecular flexibility index (Phi) is 4.47. The number of ether oxygens (including phenoxy) is 1. The van der Waals surface area contributed by atoms with Crippen LogP contribution in [0.15, 0.2) is 47.5 Å². The van der Waals surface area contributed by atoms with E-state index in [0.29, 0.717) is 17.1 Å². The molecule has 2 aromatic heterocycles. The van der Waals surface area contributed by atoms with E-state index in [4.69, 9.17) is 4.74 Å². The lowest BCUT2D eigenvalue weighted by molar-refractivity contribution is 0.0600. The van der Waals surface area contributed by atoms with Crippen LogP contribution in [-0.2, 0) is 4.74 Å². The number of hydrogen-bond donors (Lipinski definition) is 1. The van der Waals surface area contributed by atoms with Gasteiger partial charge in [-0.05, 0) is 31.5 Å². The maximum atomic E-state index is 11.6. The molecule has 0 spiro atoms. The van der Waals surface area contributed by atoms with E-state index in [0.717, 1.165) is 11.1 Å². The standard InChI is InChI=1S/C18H18N4O3/c1-11(13-4-6-14(7-5-13)18(24)25-3)22-10-15(9-19-22)16-8-17(23)21-12(2)20-16/h4-11H,1-3H3,(H,20,21,23). The van der Waals surface area contributed by atoms with Gasteiger partial charge in [-0.2, -0.15) is 5.10 Å². The van der Waals surface area contributed by atoms with E-state index in [9.17, 15) is 9.59 Å². The van der Waals surface area contributed by atoms with Gasteiger partial charge in [0.05, 0.1) is 30.6 Å². The third kappa shape index (κ3) is 3.50. The Morgan fingerprint density at radius 2 is 2.00 bits per heavy atom. The second-order valence-corrected chi connectivity index (χ2v) is 5.71. The smallest absolute Gasteiger partial charge is 0.337 e. The van der Waals surface area contributed by atoms with Crippen LogP contribution in [0, 0.1) is 6.92 Å². The summed E-state index contributed by atoms with van der Waals surface area (Å²) in [5.74, 6) is 0.193. The molecule has 0 saturated carbocycles. The number of H-pyrrole nitrogens is 1. The van der Waals surface area contributed by atoms with E-state index in [2.05, 4.69) is 15.1 Å². The molecule has 1 atom stereocenters. The number of esters is 1. The first kappa shape index (κ1) is 16.6. The van der Waals surface area contributed by atoms with Crippen LogP contribution in [0.4, 0.5) is 0 Å². The monoisotopic (exact) mass is 338 g/mol. The number of nitrogens with zero attached hydrogens (tertiary/aromatic N) is 3. The molecule has 0 amide bonds. The Hall–Kier alpha value is -3.22. The van der Waals surface area contributed by atoms with Gasteiger partial charge < -0.3 is 9.72 Å². The number of nitrogens with one attached hydrogen (secondary N) is 1. The van der Waals surface area contributed by atoms with Crippen molar-refractivity contribution in [3.63, 3.8) is 0 Å². The van der Waals surface area contributed by atoms with Crippen LogP contribution in [0.2, 0.25) is 0 Å². The quantitative estimate of drug-likeness (QED) is 0.738. The summed E-state index contributed by atoms with van der Waals surface area (Å²) in [5, 5.41) is 4.37. The molecule has 1 aromatic carbocycles. The minimum absolute atomic E-state index is 0.0384. The van der Waals surface area contributed by atoms with E-state index in [1.807, 2.05) is 25.3 Å². The summed E-state index contributed by atoms with van der Waals surface area (Å²) in [7, 11) is 1.36. The van der Waals surface area contributed by atoms with Gasteiger partial charge in [-0.1, -0.05) is 12.1 Å². The number of hydrogen-bond acceptors (Lipinski definition) is 5. The SMILES string of the molecule is COC(=O)c1ccc(C(C)n2cc(-c3cc(=O)[nH]c(C)n3)cn2)cc1. The predicted molar refractivity (Wildman–Crippen MR) is 92.4 cm³/mol. The number of methoxy groups -OCH3 is 1. The van der Waals surface area contributed by atoms with E-state index in [1.54, 1.807) is 29.9 Å². The van der Waals surface area contributed by atoms with Crippen molar-refractivity contribution in [3.05, 3.63) is 70.0 Å². The maximum absolute atomic E-state index is 11.6. The van der Waals surface area contributed by atoms with Crippen molar-refractivity contribution in [3.8, 4) is 11.3 Å². The summed E-state index contributed by atoms with van der Waals surface area (Å²) in [4.78, 5) is 30.1. The first-order valence-electron chi connectivity index (χ1n) is 7.78. The Balaban J connectivity index is 1.86. The van der Waals surface area contributed by atoms with Gasteiger partial charge in [0, 0.05) is 17.8 Å². The van der Waals surface area contributed by atoms with Crippen LogP contribution in [-0.4, -0.2) is 32.8 Å². The molecule has 7 heteroatoms. The highest BCUT2D eigenvalue weighted by molar-refractivity contribution is 5.89. The highest BCUT2D eigenvalue weighted by Crippen LogP contribution is 2.21. The molecular weight excluding hydrogens is 320 g/mol. The van der Waals surface area contributed by atoms with Crippen molar-refractivity contribution in [2.24, 2.45) is 0 Å². The maximum Gasteiger partial charge on any atom is 0.337 e. The highest BCUT2D eigenvalue weighted by atomic mass is 16.5. The van der Waals surface area contributed by atoms with E-state index in [-0.39, 0.29) is 17.6 Å². The lowest BCUT2D eigenvalue weighted by atomic mass is 10.1. The largest absolute Gasteiger partial charge is 0.465 e. The fraction of sp³-hybridized carbons (Fsp3) is 0.222. The van der Waals surface area contributed by atoms with Crippen LogP contribution in [0.3, 0.4) is 0 Å². The molecule has 0 aliphatic rings. The minimum Gasteiger partial charge on any atom is -0.465 e. The summed E-state index contributed by atoms with van der Waals surface area (Å²) in [6.45, 7) is 3.74. The number of carbonyl (C=O) groups is 1. The van der Waals surface area contributed by atoms with E-state index < -0.39 is 0 Å². The van der Waals surface area contributed by atoms with Gasteiger partial charge in [-0.25, -0.2) is 9.78 Å². The van der Waals surface area contributed by atoms with Gasteiger partial charge in [0.25, 0.3) is 5.56 Å². The summed E-state index contributed by atoms with van der Waals surface area (Å²) in [6.07, 6.45) is 3.53. The Morgan fingerprint density at radius 3 is 2.64 bits per heavy atom. The first-order valence-corrected chi connectivity index (χ1v) is 7.78. The molecule has 0 fully saturated rings. The van der Waals surface area contributed by atoms with Crippen LogP contribution in [0.25, 0.3) is 11.3 Å². The van der Waals surface area contributed by atoms with Gasteiger partial charge in [-0.15, -0.1) is 0 Å². The normalized spacial score (nSPS) is 12.0. The van der Waals surface area contributed by atoms with Gasteiger partial charge >= 0.3 is 5.97 Å². The van der Waals surface area contributed by atoms with Crippen molar-refractivity contribution in [1.82, 2.24) is 19.7 Å². The van der Waals surface area contributed by atoms with Gasteiger partial charge in [-0.3, -0.25) is 9.48 Å². The highest BCUT2D eigenvalue weighted by Gasteiger charge is 2.13. The van der Waals surface area contributed by atoms with Crippen molar-refractivity contribution < 1.29 is 9.53 Å². The molecule has 3 rings (SSSR count). The molecule has 1 N–H and O–H groups in total. The average molecular weight is 338 g/mol.